The summed E-state index contributed by atoms with van der Waals surface area (Å²) in [6.45, 7) is 15.7. The van der Waals surface area contributed by atoms with Crippen LogP contribution in [0.5, 0.6) is 5.75 Å². The summed E-state index contributed by atoms with van der Waals surface area (Å²) in [5, 5.41) is 1.68. The summed E-state index contributed by atoms with van der Waals surface area (Å²) in [4.78, 5) is 29.4. The minimum atomic E-state index is -0.527. The lowest BCUT2D eigenvalue weighted by Gasteiger charge is -2.38. The third kappa shape index (κ3) is 7.75. The molecule has 60 heavy (non-hydrogen) atoms. The first-order valence-corrected chi connectivity index (χ1v) is 20.1. The molecule has 2 unspecified atom stereocenters. The van der Waals surface area contributed by atoms with Crippen molar-refractivity contribution in [3.05, 3.63) is 217 Å². The monoisotopic (exact) mass is 786 g/mol. The van der Waals surface area contributed by atoms with Crippen LogP contribution < -0.4 is 14.5 Å². The minimum Gasteiger partial charge on any atom is -0.427 e. The fourth-order valence-corrected chi connectivity index (χ4v) is 8.14. The fraction of sp³-hybridized carbons (Fsp3) is 0.111. The molecule has 0 aromatic heterocycles. The van der Waals surface area contributed by atoms with Crippen molar-refractivity contribution in [1.29, 1.82) is 0 Å². The predicted octanol–water partition coefficient (Wildman–Crippen LogP) is 13.3. The van der Waals surface area contributed by atoms with E-state index in [0.717, 1.165) is 73.2 Å². The van der Waals surface area contributed by atoms with Crippen LogP contribution >= 0.6 is 0 Å². The number of hydrogen-bond donors (Lipinski definition) is 0. The Labute approximate surface area is 352 Å². The van der Waals surface area contributed by atoms with Crippen molar-refractivity contribution in [1.82, 2.24) is 0 Å². The second-order valence-electron chi connectivity index (χ2n) is 15.2. The van der Waals surface area contributed by atoms with Crippen molar-refractivity contribution in [2.24, 2.45) is 11.8 Å². The van der Waals surface area contributed by atoms with Crippen LogP contribution in [0.25, 0.3) is 21.9 Å². The average Bonchev–Trinajstić information content (AvgIpc) is 3.26. The topological polar surface area (TPSA) is 59.1 Å². The van der Waals surface area contributed by atoms with E-state index in [1.807, 2.05) is 42.5 Å². The highest BCUT2D eigenvalue weighted by molar-refractivity contribution is 6.02. The fourth-order valence-electron chi connectivity index (χ4n) is 8.14. The molecule has 0 aliphatic heterocycles. The molecule has 6 aromatic carbocycles. The first-order chi connectivity index (χ1) is 29.1. The van der Waals surface area contributed by atoms with Gasteiger partial charge in [0.15, 0.2) is 0 Å². The molecule has 6 aromatic rings. The van der Waals surface area contributed by atoms with E-state index >= 15 is 0 Å². The molecule has 0 heterocycles. The Morgan fingerprint density at radius 3 is 1.68 bits per heavy atom. The Kier molecular flexibility index (Phi) is 11.0. The van der Waals surface area contributed by atoms with E-state index in [-0.39, 0.29) is 11.8 Å². The standard InChI is InChI=1S/C54H46N2O4/c1-7-53(57)59-51-19-11-13-43-45(51)15-9-17-49(43)56(50-18-10-16-46-44(50)14-12-20-52(46)60-54(58)8-2)48-32-26-40(34-38(48)6)39-25-31-47(37(5)33-39)55(41-27-21-35(3)22-28-41)42-29-23-36(4)24-30-42/h7-34,43,45H,1-2H2,3-6H3. The minimum absolute atomic E-state index is 0.163. The van der Waals surface area contributed by atoms with Crippen LogP contribution in [-0.2, 0) is 14.3 Å². The number of rotatable bonds is 11. The Morgan fingerprint density at radius 2 is 1.08 bits per heavy atom. The molecule has 2 aliphatic rings. The number of anilines is 5. The molecule has 8 rings (SSSR count). The zero-order chi connectivity index (χ0) is 41.9. The van der Waals surface area contributed by atoms with E-state index in [0.29, 0.717) is 11.5 Å². The number of carbonyl (C=O) groups excluding carboxylic acids is 2. The average molecular weight is 787 g/mol. The van der Waals surface area contributed by atoms with E-state index in [2.05, 4.69) is 160 Å². The third-order valence-electron chi connectivity index (χ3n) is 11.1. The summed E-state index contributed by atoms with van der Waals surface area (Å²) in [5.74, 6) is -0.408. The molecule has 0 bridgehead atoms. The highest BCUT2D eigenvalue weighted by Crippen LogP contribution is 2.47. The maximum absolute atomic E-state index is 12.4. The lowest BCUT2D eigenvalue weighted by atomic mass is 9.80. The van der Waals surface area contributed by atoms with E-state index in [1.165, 1.54) is 17.2 Å². The second-order valence-corrected chi connectivity index (χ2v) is 15.2. The molecule has 0 radical (unpaired) electrons. The number of ether oxygens (including phenoxy) is 2. The van der Waals surface area contributed by atoms with Gasteiger partial charge in [-0.3, -0.25) is 0 Å². The smallest absolute Gasteiger partial charge is 0.335 e. The van der Waals surface area contributed by atoms with Gasteiger partial charge in [0.25, 0.3) is 0 Å². The van der Waals surface area contributed by atoms with Crippen LogP contribution in [-0.4, -0.2) is 11.9 Å². The molecule has 2 atom stereocenters. The Morgan fingerprint density at radius 1 is 0.550 bits per heavy atom. The van der Waals surface area contributed by atoms with E-state index in [4.69, 9.17) is 9.47 Å². The van der Waals surface area contributed by atoms with E-state index in [1.54, 1.807) is 6.07 Å². The lowest BCUT2D eigenvalue weighted by Crippen LogP contribution is -2.31. The highest BCUT2D eigenvalue weighted by atomic mass is 16.5. The largest absolute Gasteiger partial charge is 0.427 e. The SMILES string of the molecule is C=CC(=O)OC1=CC=CC2C(N(c3ccc(-c4ccc(N(c5ccc(C)cc5)c5ccc(C)cc5)c(C)c4)cc3C)c3cccc4c(OC(=O)C=C)cccc34)=CC=CC12. The van der Waals surface area contributed by atoms with Crippen molar-refractivity contribution < 1.29 is 19.1 Å². The van der Waals surface area contributed by atoms with Crippen LogP contribution in [0.3, 0.4) is 0 Å². The summed E-state index contributed by atoms with van der Waals surface area (Å²) < 4.78 is 11.5. The summed E-state index contributed by atoms with van der Waals surface area (Å²) >= 11 is 0. The molecule has 6 nitrogen and oxygen atoms in total. The maximum atomic E-state index is 12.4. The van der Waals surface area contributed by atoms with Gasteiger partial charge in [-0.2, -0.15) is 0 Å². The predicted molar refractivity (Wildman–Crippen MR) is 245 cm³/mol. The number of aryl methyl sites for hydroxylation is 4. The van der Waals surface area contributed by atoms with Crippen molar-refractivity contribution >= 4 is 51.1 Å². The van der Waals surface area contributed by atoms with Gasteiger partial charge in [0.1, 0.15) is 11.5 Å². The van der Waals surface area contributed by atoms with Gasteiger partial charge >= 0.3 is 11.9 Å². The molecule has 0 saturated carbocycles. The van der Waals surface area contributed by atoms with Crippen molar-refractivity contribution in [2.45, 2.75) is 27.7 Å². The van der Waals surface area contributed by atoms with Crippen molar-refractivity contribution in [2.75, 3.05) is 9.80 Å². The van der Waals surface area contributed by atoms with Gasteiger partial charge in [0.2, 0.25) is 0 Å². The van der Waals surface area contributed by atoms with Gasteiger partial charge in [-0.05, 0) is 123 Å². The maximum Gasteiger partial charge on any atom is 0.335 e. The third-order valence-corrected chi connectivity index (χ3v) is 11.1. The van der Waals surface area contributed by atoms with Gasteiger partial charge < -0.3 is 19.3 Å². The molecular formula is C54H46N2O4. The first kappa shape index (κ1) is 39.4. The van der Waals surface area contributed by atoms with Gasteiger partial charge in [0.05, 0.1) is 5.69 Å². The summed E-state index contributed by atoms with van der Waals surface area (Å²) in [6, 6.07) is 42.3. The number of allylic oxidation sites excluding steroid dienone is 6. The van der Waals surface area contributed by atoms with Gasteiger partial charge in [-0.1, -0.05) is 109 Å². The van der Waals surface area contributed by atoms with Crippen LogP contribution in [0.4, 0.5) is 28.4 Å². The van der Waals surface area contributed by atoms with Gasteiger partial charge in [0, 0.05) is 63.2 Å². The lowest BCUT2D eigenvalue weighted by molar-refractivity contribution is -0.134. The zero-order valence-corrected chi connectivity index (χ0v) is 34.3. The Hall–Kier alpha value is -7.44. The Balaban J connectivity index is 1.22. The summed E-state index contributed by atoms with van der Waals surface area (Å²) in [7, 11) is 0. The van der Waals surface area contributed by atoms with Crippen LogP contribution in [0, 0.1) is 39.5 Å². The summed E-state index contributed by atoms with van der Waals surface area (Å²) in [5.41, 5.74) is 13.0. The van der Waals surface area contributed by atoms with Crippen LogP contribution in [0.2, 0.25) is 0 Å². The molecule has 6 heteroatoms. The molecule has 0 N–H and O–H groups in total. The number of carbonyl (C=O) groups is 2. The molecule has 296 valence electrons. The zero-order valence-electron chi connectivity index (χ0n) is 34.3. The molecule has 0 fully saturated rings. The highest BCUT2D eigenvalue weighted by Gasteiger charge is 2.35. The Bertz CT molecular complexity index is 2740. The van der Waals surface area contributed by atoms with Gasteiger partial charge in [-0.25, -0.2) is 9.59 Å². The van der Waals surface area contributed by atoms with Crippen molar-refractivity contribution in [3.8, 4) is 16.9 Å². The molecular weight excluding hydrogens is 741 g/mol. The van der Waals surface area contributed by atoms with Crippen molar-refractivity contribution in [3.63, 3.8) is 0 Å². The normalized spacial score (nSPS) is 15.3. The number of fused-ring (bicyclic) bond motifs is 2. The number of esters is 2. The molecule has 2 aliphatic carbocycles. The van der Waals surface area contributed by atoms with Crippen LogP contribution in [0.15, 0.2) is 195 Å². The number of hydrogen-bond acceptors (Lipinski definition) is 6. The van der Waals surface area contributed by atoms with E-state index < -0.39 is 11.9 Å². The summed E-state index contributed by atoms with van der Waals surface area (Å²) in [6.07, 6.45) is 14.5. The van der Waals surface area contributed by atoms with Gasteiger partial charge in [-0.15, -0.1) is 0 Å². The molecule has 0 spiro atoms. The second kappa shape index (κ2) is 16.8. The number of benzene rings is 6. The van der Waals surface area contributed by atoms with E-state index in [9.17, 15) is 9.59 Å². The number of nitrogens with zero attached hydrogens (tertiary/aromatic N) is 2. The quantitative estimate of drug-likeness (QED) is 0.0740. The van der Waals surface area contributed by atoms with Crippen LogP contribution in [0.1, 0.15) is 22.3 Å². The first-order valence-electron chi connectivity index (χ1n) is 20.1. The molecule has 0 amide bonds. The molecule has 0 saturated heterocycles.